The van der Waals surface area contributed by atoms with Crippen LogP contribution in [0.15, 0.2) is 0 Å². The summed E-state index contributed by atoms with van der Waals surface area (Å²) in [5.41, 5.74) is 0. The van der Waals surface area contributed by atoms with Crippen LogP contribution >= 0.6 is 0 Å². The molecule has 0 aliphatic carbocycles. The first-order valence-electron chi connectivity index (χ1n) is 6.27. The van der Waals surface area contributed by atoms with Crippen LogP contribution in [0.1, 0.15) is 32.1 Å². The maximum atomic E-state index is 11.3. The van der Waals surface area contributed by atoms with Crippen LogP contribution in [0.5, 0.6) is 0 Å². The highest BCUT2D eigenvalue weighted by molar-refractivity contribution is 5.78. The van der Waals surface area contributed by atoms with E-state index in [0.29, 0.717) is 26.0 Å². The quantitative estimate of drug-likeness (QED) is 0.632. The number of ether oxygens (including phenoxy) is 1. The summed E-state index contributed by atoms with van der Waals surface area (Å²) in [7, 11) is 1.63. The lowest BCUT2D eigenvalue weighted by molar-refractivity contribution is -0.127. The van der Waals surface area contributed by atoms with Gasteiger partial charge in [0.1, 0.15) is 0 Å². The largest absolute Gasteiger partial charge is 0.385 e. The number of hydrogen-bond donors (Lipinski definition) is 1. The molecular formula is C12H22N2O3. The Morgan fingerprint density at radius 3 is 2.94 bits per heavy atom. The van der Waals surface area contributed by atoms with E-state index in [1.807, 2.05) is 4.90 Å². The van der Waals surface area contributed by atoms with Gasteiger partial charge in [0.05, 0.1) is 0 Å². The van der Waals surface area contributed by atoms with Crippen molar-refractivity contribution in [2.24, 2.45) is 0 Å². The third-order valence-electron chi connectivity index (χ3n) is 2.85. The Balaban J connectivity index is 1.96. The normalized spacial score (nSPS) is 15.4. The monoisotopic (exact) mass is 242 g/mol. The van der Waals surface area contributed by atoms with Crippen LogP contribution in [-0.4, -0.2) is 50.1 Å². The minimum absolute atomic E-state index is 0.0646. The van der Waals surface area contributed by atoms with E-state index < -0.39 is 0 Å². The second-order valence-corrected chi connectivity index (χ2v) is 4.28. The summed E-state index contributed by atoms with van der Waals surface area (Å²) in [6.45, 7) is 2.91. The molecule has 5 nitrogen and oxygen atoms in total. The van der Waals surface area contributed by atoms with E-state index in [4.69, 9.17) is 4.74 Å². The summed E-state index contributed by atoms with van der Waals surface area (Å²) in [6, 6.07) is 0. The molecule has 1 saturated heterocycles. The van der Waals surface area contributed by atoms with Gasteiger partial charge in [-0.05, 0) is 19.3 Å². The molecule has 0 bridgehead atoms. The zero-order chi connectivity index (χ0) is 12.5. The molecule has 0 saturated carbocycles. The number of rotatable bonds is 8. The molecule has 1 heterocycles. The second-order valence-electron chi connectivity index (χ2n) is 4.28. The van der Waals surface area contributed by atoms with E-state index in [0.717, 1.165) is 32.4 Å². The number of hydrogen-bond acceptors (Lipinski definition) is 3. The number of nitrogens with one attached hydrogen (secondary N) is 1. The molecule has 0 unspecified atom stereocenters. The van der Waals surface area contributed by atoms with Gasteiger partial charge in [-0.25, -0.2) is 0 Å². The molecule has 0 radical (unpaired) electrons. The zero-order valence-corrected chi connectivity index (χ0v) is 10.5. The third-order valence-corrected chi connectivity index (χ3v) is 2.85. The summed E-state index contributed by atoms with van der Waals surface area (Å²) >= 11 is 0. The van der Waals surface area contributed by atoms with Gasteiger partial charge < -0.3 is 15.0 Å². The molecule has 1 N–H and O–H groups in total. The fraction of sp³-hybridized carbons (Fsp3) is 0.833. The van der Waals surface area contributed by atoms with Crippen molar-refractivity contribution < 1.29 is 14.3 Å². The van der Waals surface area contributed by atoms with Crippen LogP contribution in [0.2, 0.25) is 0 Å². The fourth-order valence-electron chi connectivity index (χ4n) is 1.90. The molecule has 1 rings (SSSR count). The molecule has 1 aliphatic heterocycles. The van der Waals surface area contributed by atoms with E-state index in [2.05, 4.69) is 5.32 Å². The molecule has 5 heteroatoms. The van der Waals surface area contributed by atoms with Gasteiger partial charge in [-0.15, -0.1) is 0 Å². The number of methoxy groups -OCH3 is 1. The van der Waals surface area contributed by atoms with Crippen molar-refractivity contribution in [3.05, 3.63) is 0 Å². The Hall–Kier alpha value is -1.10. The zero-order valence-electron chi connectivity index (χ0n) is 10.5. The van der Waals surface area contributed by atoms with Crippen molar-refractivity contribution in [1.29, 1.82) is 0 Å². The van der Waals surface area contributed by atoms with Gasteiger partial charge in [0.15, 0.2) is 0 Å². The van der Waals surface area contributed by atoms with Gasteiger partial charge in [-0.2, -0.15) is 0 Å². The topological polar surface area (TPSA) is 58.6 Å². The van der Waals surface area contributed by atoms with E-state index in [-0.39, 0.29) is 11.8 Å². The van der Waals surface area contributed by atoms with Crippen LogP contribution < -0.4 is 5.32 Å². The van der Waals surface area contributed by atoms with Gasteiger partial charge in [-0.1, -0.05) is 0 Å². The lowest BCUT2D eigenvalue weighted by atomic mass is 10.3. The predicted molar refractivity (Wildman–Crippen MR) is 64.6 cm³/mol. The maximum Gasteiger partial charge on any atom is 0.222 e. The second kappa shape index (κ2) is 8.06. The van der Waals surface area contributed by atoms with E-state index in [1.165, 1.54) is 0 Å². The molecule has 0 aromatic heterocycles. The highest BCUT2D eigenvalue weighted by Crippen LogP contribution is 2.09. The molecule has 2 amide bonds. The van der Waals surface area contributed by atoms with Crippen molar-refractivity contribution in [1.82, 2.24) is 10.2 Å². The first kappa shape index (κ1) is 14.0. The number of amides is 2. The van der Waals surface area contributed by atoms with Crippen molar-refractivity contribution in [3.8, 4) is 0 Å². The van der Waals surface area contributed by atoms with Crippen LogP contribution in [0.3, 0.4) is 0 Å². The molecule has 17 heavy (non-hydrogen) atoms. The summed E-state index contributed by atoms with van der Waals surface area (Å²) in [5.74, 6) is 0.311. The molecule has 1 fully saturated rings. The molecule has 0 aromatic rings. The molecule has 0 aromatic carbocycles. The lowest BCUT2D eigenvalue weighted by Crippen LogP contribution is -2.30. The first-order valence-corrected chi connectivity index (χ1v) is 6.27. The number of carbonyl (C=O) groups excluding carboxylic acids is 2. The Morgan fingerprint density at radius 2 is 2.29 bits per heavy atom. The average Bonchev–Trinajstić information content (AvgIpc) is 2.71. The summed E-state index contributed by atoms with van der Waals surface area (Å²) < 4.78 is 4.87. The number of nitrogens with zero attached hydrogens (tertiary/aromatic N) is 1. The fourth-order valence-corrected chi connectivity index (χ4v) is 1.90. The Kier molecular flexibility index (Phi) is 6.62. The van der Waals surface area contributed by atoms with Gasteiger partial charge >= 0.3 is 0 Å². The third kappa shape index (κ3) is 5.68. The Labute approximate surface area is 102 Å². The van der Waals surface area contributed by atoms with Crippen LogP contribution in [0, 0.1) is 0 Å². The van der Waals surface area contributed by atoms with Crippen LogP contribution in [-0.2, 0) is 14.3 Å². The highest BCUT2D eigenvalue weighted by Gasteiger charge is 2.18. The van der Waals surface area contributed by atoms with Crippen molar-refractivity contribution >= 4 is 11.8 Å². The summed E-state index contributed by atoms with van der Waals surface area (Å²) in [5, 5.41) is 2.85. The van der Waals surface area contributed by atoms with E-state index in [1.54, 1.807) is 7.11 Å². The van der Waals surface area contributed by atoms with Gasteiger partial charge in [0.25, 0.3) is 0 Å². The van der Waals surface area contributed by atoms with Crippen LogP contribution in [0.25, 0.3) is 0 Å². The van der Waals surface area contributed by atoms with Crippen molar-refractivity contribution in [2.45, 2.75) is 32.1 Å². The van der Waals surface area contributed by atoms with Crippen molar-refractivity contribution in [3.63, 3.8) is 0 Å². The lowest BCUT2D eigenvalue weighted by Gasteiger charge is -2.15. The number of likely N-dealkylation sites (tertiary alicyclic amines) is 1. The first-order chi connectivity index (χ1) is 8.24. The summed E-state index contributed by atoms with van der Waals surface area (Å²) in [4.78, 5) is 24.5. The van der Waals surface area contributed by atoms with E-state index in [9.17, 15) is 9.59 Å². The Bertz CT molecular complexity index is 256. The molecule has 98 valence electrons. The highest BCUT2D eigenvalue weighted by atomic mass is 16.5. The number of carbonyl (C=O) groups is 2. The Morgan fingerprint density at radius 1 is 1.47 bits per heavy atom. The molecule has 0 spiro atoms. The summed E-state index contributed by atoms with van der Waals surface area (Å²) in [6.07, 6.45) is 3.76. The molecule has 0 atom stereocenters. The van der Waals surface area contributed by atoms with Crippen LogP contribution in [0.4, 0.5) is 0 Å². The maximum absolute atomic E-state index is 11.3. The van der Waals surface area contributed by atoms with Gasteiger partial charge in [0, 0.05) is 46.2 Å². The van der Waals surface area contributed by atoms with Crippen molar-refractivity contribution in [2.75, 3.05) is 33.4 Å². The molecular weight excluding hydrogens is 220 g/mol. The molecule has 1 aliphatic rings. The van der Waals surface area contributed by atoms with E-state index >= 15 is 0 Å². The standard InChI is InChI=1S/C12H22N2O3/c1-17-10-3-5-11(15)13-7-4-9-14-8-2-6-12(14)16/h2-10H2,1H3,(H,13,15). The average molecular weight is 242 g/mol. The van der Waals surface area contributed by atoms with Gasteiger partial charge in [0.2, 0.25) is 11.8 Å². The predicted octanol–water partition coefficient (Wildman–Crippen LogP) is 0.542. The minimum atomic E-state index is 0.0646. The van der Waals surface area contributed by atoms with Gasteiger partial charge in [-0.3, -0.25) is 9.59 Å². The SMILES string of the molecule is COCCCC(=O)NCCCN1CCCC1=O. The minimum Gasteiger partial charge on any atom is -0.385 e. The smallest absolute Gasteiger partial charge is 0.222 e.